The molecule has 1 aromatic heterocycles. The second-order valence-corrected chi connectivity index (χ2v) is 8.04. The summed E-state index contributed by atoms with van der Waals surface area (Å²) in [5, 5.41) is 12.7. The van der Waals surface area contributed by atoms with Crippen molar-refractivity contribution in [2.45, 2.75) is 25.5 Å². The first-order chi connectivity index (χ1) is 13.0. The SMILES string of the molecule is CCn1c(SCC(=O)Nc2ccc(Br)c(Cl)c2)nnc1-c1ccccc1C. The molecule has 8 heteroatoms. The molecule has 0 saturated heterocycles. The number of benzene rings is 2. The van der Waals surface area contributed by atoms with E-state index in [4.69, 9.17) is 11.6 Å². The Kier molecular flexibility index (Phi) is 6.57. The van der Waals surface area contributed by atoms with Gasteiger partial charge in [0, 0.05) is 22.3 Å². The van der Waals surface area contributed by atoms with Crippen LogP contribution in [0, 0.1) is 6.92 Å². The largest absolute Gasteiger partial charge is 0.325 e. The van der Waals surface area contributed by atoms with Crippen molar-refractivity contribution >= 4 is 50.9 Å². The Morgan fingerprint density at radius 1 is 1.26 bits per heavy atom. The smallest absolute Gasteiger partial charge is 0.234 e. The molecule has 0 bridgehead atoms. The molecule has 3 rings (SSSR count). The Bertz CT molecular complexity index is 976. The Balaban J connectivity index is 1.70. The van der Waals surface area contributed by atoms with Gasteiger partial charge in [0.2, 0.25) is 5.91 Å². The molecule has 27 heavy (non-hydrogen) atoms. The number of thioether (sulfide) groups is 1. The standard InChI is InChI=1S/C19H18BrClN4OS/c1-3-25-18(14-7-5-4-6-12(14)2)23-24-19(25)27-11-17(26)22-13-8-9-15(20)16(21)10-13/h4-10H,3,11H2,1-2H3,(H,22,26). The van der Waals surface area contributed by atoms with Gasteiger partial charge >= 0.3 is 0 Å². The van der Waals surface area contributed by atoms with Crippen molar-refractivity contribution in [3.63, 3.8) is 0 Å². The number of nitrogens with one attached hydrogen (secondary N) is 1. The first-order valence-corrected chi connectivity index (χ1v) is 10.5. The number of carbonyl (C=O) groups is 1. The van der Waals surface area contributed by atoms with Crippen LogP contribution >= 0.6 is 39.3 Å². The maximum Gasteiger partial charge on any atom is 0.234 e. The maximum absolute atomic E-state index is 12.3. The highest BCUT2D eigenvalue weighted by Crippen LogP contribution is 2.27. The van der Waals surface area contributed by atoms with E-state index in [2.05, 4.69) is 31.4 Å². The lowest BCUT2D eigenvalue weighted by Gasteiger charge is -2.09. The maximum atomic E-state index is 12.3. The fourth-order valence-corrected chi connectivity index (χ4v) is 3.83. The number of hydrogen-bond acceptors (Lipinski definition) is 4. The minimum Gasteiger partial charge on any atom is -0.325 e. The zero-order chi connectivity index (χ0) is 19.4. The molecule has 0 aliphatic heterocycles. The summed E-state index contributed by atoms with van der Waals surface area (Å²) in [7, 11) is 0. The normalized spacial score (nSPS) is 10.8. The van der Waals surface area contributed by atoms with Gasteiger partial charge in [0.1, 0.15) is 0 Å². The van der Waals surface area contributed by atoms with Gasteiger partial charge in [0.05, 0.1) is 10.8 Å². The molecule has 1 amide bonds. The van der Waals surface area contributed by atoms with Crippen molar-refractivity contribution in [3.05, 3.63) is 57.5 Å². The Morgan fingerprint density at radius 2 is 2.04 bits per heavy atom. The zero-order valence-corrected chi connectivity index (χ0v) is 18.0. The van der Waals surface area contributed by atoms with Crippen molar-refractivity contribution in [2.24, 2.45) is 0 Å². The van der Waals surface area contributed by atoms with E-state index >= 15 is 0 Å². The second-order valence-electron chi connectivity index (χ2n) is 5.83. The molecule has 0 fully saturated rings. The Morgan fingerprint density at radius 3 is 2.74 bits per heavy atom. The number of aryl methyl sites for hydroxylation is 1. The number of nitrogens with zero attached hydrogens (tertiary/aromatic N) is 3. The molecule has 0 aliphatic carbocycles. The average molecular weight is 466 g/mol. The van der Waals surface area contributed by atoms with Crippen LogP contribution in [0.4, 0.5) is 5.69 Å². The minimum absolute atomic E-state index is 0.124. The second kappa shape index (κ2) is 8.91. The van der Waals surface area contributed by atoms with E-state index in [1.165, 1.54) is 11.8 Å². The third-order valence-electron chi connectivity index (χ3n) is 3.95. The minimum atomic E-state index is -0.124. The molecule has 0 atom stereocenters. The number of halogens is 2. The third-order valence-corrected chi connectivity index (χ3v) is 6.15. The van der Waals surface area contributed by atoms with Gasteiger partial charge in [-0.15, -0.1) is 10.2 Å². The lowest BCUT2D eigenvalue weighted by molar-refractivity contribution is -0.113. The lowest BCUT2D eigenvalue weighted by Crippen LogP contribution is -2.14. The first-order valence-electron chi connectivity index (χ1n) is 8.36. The molecule has 3 aromatic rings. The summed E-state index contributed by atoms with van der Waals surface area (Å²) in [5.74, 6) is 0.930. The van der Waals surface area contributed by atoms with Crippen LogP contribution in [0.5, 0.6) is 0 Å². The molecule has 0 aliphatic rings. The molecule has 1 heterocycles. The Hall–Kier alpha value is -1.83. The number of carbonyl (C=O) groups excluding carboxylic acids is 1. The van der Waals surface area contributed by atoms with Gasteiger partial charge in [0.25, 0.3) is 0 Å². The van der Waals surface area contributed by atoms with E-state index in [1.807, 2.05) is 42.7 Å². The number of rotatable bonds is 6. The summed E-state index contributed by atoms with van der Waals surface area (Å²) >= 11 is 10.8. The fraction of sp³-hybridized carbons (Fsp3) is 0.211. The highest BCUT2D eigenvalue weighted by molar-refractivity contribution is 9.10. The fourth-order valence-electron chi connectivity index (χ4n) is 2.60. The topological polar surface area (TPSA) is 59.8 Å². The Labute approximate surface area is 175 Å². The van der Waals surface area contributed by atoms with Gasteiger partial charge in [-0.3, -0.25) is 4.79 Å². The molecule has 0 saturated carbocycles. The molecule has 1 N–H and O–H groups in total. The van der Waals surface area contributed by atoms with Crippen LogP contribution in [0.15, 0.2) is 52.1 Å². The van der Waals surface area contributed by atoms with Crippen LogP contribution in [-0.2, 0) is 11.3 Å². The van der Waals surface area contributed by atoms with E-state index in [1.54, 1.807) is 18.2 Å². The summed E-state index contributed by atoms with van der Waals surface area (Å²) < 4.78 is 2.81. The number of aromatic nitrogens is 3. The van der Waals surface area contributed by atoms with Crippen molar-refractivity contribution in [1.29, 1.82) is 0 Å². The van der Waals surface area contributed by atoms with Crippen LogP contribution in [0.1, 0.15) is 12.5 Å². The number of hydrogen-bond donors (Lipinski definition) is 1. The zero-order valence-electron chi connectivity index (χ0n) is 14.9. The molecule has 2 aromatic carbocycles. The van der Waals surface area contributed by atoms with Crippen LogP contribution < -0.4 is 5.32 Å². The first kappa shape index (κ1) is 19.9. The highest BCUT2D eigenvalue weighted by Gasteiger charge is 2.16. The van der Waals surface area contributed by atoms with E-state index in [0.717, 1.165) is 33.1 Å². The molecule has 0 spiro atoms. The number of anilines is 1. The van der Waals surface area contributed by atoms with Gasteiger partial charge in [-0.2, -0.15) is 0 Å². The van der Waals surface area contributed by atoms with Crippen LogP contribution in [0.25, 0.3) is 11.4 Å². The van der Waals surface area contributed by atoms with Crippen LogP contribution in [0.2, 0.25) is 5.02 Å². The molecule has 140 valence electrons. The summed E-state index contributed by atoms with van der Waals surface area (Å²) in [6, 6.07) is 13.4. The van der Waals surface area contributed by atoms with Gasteiger partial charge in [-0.25, -0.2) is 0 Å². The van der Waals surface area contributed by atoms with Gasteiger partial charge in [0.15, 0.2) is 11.0 Å². The van der Waals surface area contributed by atoms with E-state index in [9.17, 15) is 4.79 Å². The van der Waals surface area contributed by atoms with E-state index in [-0.39, 0.29) is 11.7 Å². The van der Waals surface area contributed by atoms with Crippen LogP contribution in [-0.4, -0.2) is 26.4 Å². The number of amides is 1. The quantitative estimate of drug-likeness (QED) is 0.494. The third kappa shape index (κ3) is 4.72. The van der Waals surface area contributed by atoms with Gasteiger partial charge in [-0.1, -0.05) is 47.6 Å². The highest BCUT2D eigenvalue weighted by atomic mass is 79.9. The molecule has 0 unspecified atom stereocenters. The van der Waals surface area contributed by atoms with Crippen molar-refractivity contribution in [1.82, 2.24) is 14.8 Å². The van der Waals surface area contributed by atoms with Crippen molar-refractivity contribution in [2.75, 3.05) is 11.1 Å². The molecule has 5 nitrogen and oxygen atoms in total. The molecular weight excluding hydrogens is 448 g/mol. The van der Waals surface area contributed by atoms with Gasteiger partial charge < -0.3 is 9.88 Å². The van der Waals surface area contributed by atoms with Crippen molar-refractivity contribution < 1.29 is 4.79 Å². The summed E-state index contributed by atoms with van der Waals surface area (Å²) in [6.07, 6.45) is 0. The monoisotopic (exact) mass is 464 g/mol. The van der Waals surface area contributed by atoms with Gasteiger partial charge in [-0.05, 0) is 53.5 Å². The van der Waals surface area contributed by atoms with E-state index < -0.39 is 0 Å². The predicted octanol–water partition coefficient (Wildman–Crippen LogP) is 5.42. The predicted molar refractivity (Wildman–Crippen MR) is 114 cm³/mol. The lowest BCUT2D eigenvalue weighted by atomic mass is 10.1. The van der Waals surface area contributed by atoms with Crippen molar-refractivity contribution in [3.8, 4) is 11.4 Å². The summed E-state index contributed by atoms with van der Waals surface area (Å²) in [5.41, 5.74) is 2.85. The molecule has 0 radical (unpaired) electrons. The summed E-state index contributed by atoms with van der Waals surface area (Å²) in [4.78, 5) is 12.3. The average Bonchev–Trinajstić information content (AvgIpc) is 3.06. The summed E-state index contributed by atoms with van der Waals surface area (Å²) in [6.45, 7) is 4.82. The van der Waals surface area contributed by atoms with E-state index in [0.29, 0.717) is 10.7 Å². The van der Waals surface area contributed by atoms with Crippen LogP contribution in [0.3, 0.4) is 0 Å². The molecular formula is C19H18BrClN4OS.